The highest BCUT2D eigenvalue weighted by atomic mass is 32.2. The number of pyridine rings is 2. The summed E-state index contributed by atoms with van der Waals surface area (Å²) in [4.78, 5) is 10.6. The van der Waals surface area contributed by atoms with Crippen LogP contribution < -0.4 is 0 Å². The van der Waals surface area contributed by atoms with Gasteiger partial charge in [0.1, 0.15) is 11.2 Å². The molecule has 3 aromatic heterocycles. The van der Waals surface area contributed by atoms with Gasteiger partial charge in [-0.25, -0.2) is 27.2 Å². The lowest BCUT2D eigenvalue weighted by Gasteiger charge is -2.20. The van der Waals surface area contributed by atoms with Gasteiger partial charge in [0.05, 0.1) is 16.2 Å². The number of fused-ring (bicyclic) bond motifs is 1. The molecule has 0 aliphatic rings. The molecule has 3 aromatic rings. The fourth-order valence-electron chi connectivity index (χ4n) is 2.87. The standard InChI is InChI=1S/C18H15F7N4O2S/c1-4-32(30,31)12-6-10(17(21,22)18(23,24)25)8-26-13(12)15-28-11-5-9(16(2,19)20)7-27-14(11)29(15)3/h5-8H,4H2,1-3H3. The first-order valence-corrected chi connectivity index (χ1v) is 10.5. The first kappa shape index (κ1) is 23.9. The Bertz CT molecular complexity index is 1300. The van der Waals surface area contributed by atoms with E-state index in [1.54, 1.807) is 0 Å². The number of hydrogen-bond donors (Lipinski definition) is 0. The van der Waals surface area contributed by atoms with Crippen LogP contribution in [0.3, 0.4) is 0 Å². The maximum absolute atomic E-state index is 13.8. The molecule has 32 heavy (non-hydrogen) atoms. The van der Waals surface area contributed by atoms with Crippen molar-refractivity contribution in [2.45, 2.75) is 36.8 Å². The van der Waals surface area contributed by atoms with Crippen LogP contribution in [0.25, 0.3) is 22.7 Å². The maximum Gasteiger partial charge on any atom is 0.458 e. The number of rotatable bonds is 5. The molecule has 3 rings (SSSR count). The molecule has 6 nitrogen and oxygen atoms in total. The average Bonchev–Trinajstić information content (AvgIpc) is 3.02. The number of imidazole rings is 1. The lowest BCUT2D eigenvalue weighted by Crippen LogP contribution is -2.34. The summed E-state index contributed by atoms with van der Waals surface area (Å²) in [5.74, 6) is -9.50. The van der Waals surface area contributed by atoms with Gasteiger partial charge in [0, 0.05) is 31.9 Å². The van der Waals surface area contributed by atoms with Crippen molar-refractivity contribution in [2.75, 3.05) is 5.75 Å². The van der Waals surface area contributed by atoms with E-state index in [-0.39, 0.29) is 29.3 Å². The highest BCUT2D eigenvalue weighted by Crippen LogP contribution is 2.45. The lowest BCUT2D eigenvalue weighted by atomic mass is 10.1. The molecule has 0 atom stereocenters. The van der Waals surface area contributed by atoms with Gasteiger partial charge in [0.15, 0.2) is 21.3 Å². The van der Waals surface area contributed by atoms with Crippen LogP contribution in [0.2, 0.25) is 0 Å². The number of alkyl halides is 7. The largest absolute Gasteiger partial charge is 0.458 e. The van der Waals surface area contributed by atoms with Crippen LogP contribution in [-0.4, -0.2) is 39.9 Å². The van der Waals surface area contributed by atoms with Gasteiger partial charge in [0.25, 0.3) is 5.92 Å². The molecule has 0 amide bonds. The summed E-state index contributed by atoms with van der Waals surface area (Å²) >= 11 is 0. The van der Waals surface area contributed by atoms with E-state index in [0.717, 1.165) is 12.3 Å². The molecule has 0 radical (unpaired) electrons. The van der Waals surface area contributed by atoms with E-state index in [1.807, 2.05) is 0 Å². The van der Waals surface area contributed by atoms with Crippen molar-refractivity contribution in [3.63, 3.8) is 0 Å². The van der Waals surface area contributed by atoms with Crippen molar-refractivity contribution in [1.29, 1.82) is 0 Å². The summed E-state index contributed by atoms with van der Waals surface area (Å²) in [6, 6.07) is 1.21. The number of aryl methyl sites for hydroxylation is 1. The van der Waals surface area contributed by atoms with Gasteiger partial charge in [-0.05, 0) is 12.1 Å². The Morgan fingerprint density at radius 2 is 1.56 bits per heavy atom. The number of aromatic nitrogens is 4. The Hall–Kier alpha value is -2.77. The number of hydrogen-bond acceptors (Lipinski definition) is 5. The monoisotopic (exact) mass is 484 g/mol. The van der Waals surface area contributed by atoms with Crippen molar-refractivity contribution < 1.29 is 39.2 Å². The molecule has 0 fully saturated rings. The molecule has 3 heterocycles. The van der Waals surface area contributed by atoms with Gasteiger partial charge in [-0.15, -0.1) is 0 Å². The third-order valence-corrected chi connectivity index (χ3v) is 6.46. The molecule has 0 spiro atoms. The molecule has 0 N–H and O–H groups in total. The highest BCUT2D eigenvalue weighted by Gasteiger charge is 2.59. The van der Waals surface area contributed by atoms with Crippen LogP contribution in [0.5, 0.6) is 0 Å². The third-order valence-electron chi connectivity index (χ3n) is 4.71. The second kappa shape index (κ2) is 7.39. The zero-order valence-corrected chi connectivity index (χ0v) is 17.5. The Labute approximate surface area is 177 Å². The van der Waals surface area contributed by atoms with Crippen LogP contribution in [-0.2, 0) is 28.7 Å². The summed E-state index contributed by atoms with van der Waals surface area (Å²) in [5, 5.41) is 0. The van der Waals surface area contributed by atoms with Gasteiger partial charge in [-0.3, -0.25) is 4.98 Å². The predicted octanol–water partition coefficient (Wildman–Crippen LogP) is 4.59. The lowest BCUT2D eigenvalue weighted by molar-refractivity contribution is -0.289. The van der Waals surface area contributed by atoms with Gasteiger partial charge < -0.3 is 4.57 Å². The smallest absolute Gasteiger partial charge is 0.310 e. The molecule has 174 valence electrons. The van der Waals surface area contributed by atoms with Gasteiger partial charge in [-0.2, -0.15) is 22.0 Å². The molecular formula is C18H15F7N4O2S. The van der Waals surface area contributed by atoms with E-state index in [9.17, 15) is 39.2 Å². The molecule has 0 saturated heterocycles. The Morgan fingerprint density at radius 3 is 2.09 bits per heavy atom. The van der Waals surface area contributed by atoms with E-state index >= 15 is 0 Å². The van der Waals surface area contributed by atoms with Gasteiger partial charge in [0.2, 0.25) is 0 Å². The minimum Gasteiger partial charge on any atom is -0.310 e. The van der Waals surface area contributed by atoms with Gasteiger partial charge >= 0.3 is 12.1 Å². The first-order valence-electron chi connectivity index (χ1n) is 8.89. The molecule has 0 unspecified atom stereocenters. The van der Waals surface area contributed by atoms with Crippen LogP contribution in [0, 0.1) is 0 Å². The van der Waals surface area contributed by atoms with Crippen LogP contribution in [0.4, 0.5) is 30.7 Å². The van der Waals surface area contributed by atoms with E-state index in [4.69, 9.17) is 0 Å². The van der Waals surface area contributed by atoms with Crippen molar-refractivity contribution >= 4 is 21.0 Å². The van der Waals surface area contributed by atoms with E-state index in [0.29, 0.717) is 6.92 Å². The van der Waals surface area contributed by atoms with Crippen molar-refractivity contribution in [3.8, 4) is 11.5 Å². The normalized spacial score (nSPS) is 13.7. The Balaban J connectivity index is 2.30. The second-order valence-corrected chi connectivity index (χ2v) is 9.24. The highest BCUT2D eigenvalue weighted by molar-refractivity contribution is 7.91. The summed E-state index contributed by atoms with van der Waals surface area (Å²) in [6.45, 7) is 1.80. The second-order valence-electron chi connectivity index (χ2n) is 7.00. The first-order chi connectivity index (χ1) is 14.5. The molecule has 0 saturated carbocycles. The molecule has 0 aliphatic heterocycles. The molecule has 14 heteroatoms. The van der Waals surface area contributed by atoms with E-state index in [2.05, 4.69) is 15.0 Å². The van der Waals surface area contributed by atoms with Crippen LogP contribution in [0.1, 0.15) is 25.0 Å². The number of halogens is 7. The minimum atomic E-state index is -5.98. The van der Waals surface area contributed by atoms with E-state index in [1.165, 1.54) is 18.5 Å². The molecule has 0 aromatic carbocycles. The average molecular weight is 484 g/mol. The zero-order valence-electron chi connectivity index (χ0n) is 16.7. The zero-order chi connectivity index (χ0) is 24.3. The predicted molar refractivity (Wildman–Crippen MR) is 99.0 cm³/mol. The summed E-state index contributed by atoms with van der Waals surface area (Å²) in [5.41, 5.74) is -2.69. The Kier molecular flexibility index (Phi) is 5.51. The van der Waals surface area contributed by atoms with Crippen molar-refractivity contribution in [1.82, 2.24) is 19.5 Å². The summed E-state index contributed by atoms with van der Waals surface area (Å²) in [6.07, 6.45) is -4.89. The quantitative estimate of drug-likeness (QED) is 0.495. The van der Waals surface area contributed by atoms with Crippen molar-refractivity contribution in [3.05, 3.63) is 35.7 Å². The topological polar surface area (TPSA) is 77.7 Å². The Morgan fingerprint density at radius 1 is 0.969 bits per heavy atom. The van der Waals surface area contributed by atoms with Crippen molar-refractivity contribution in [2.24, 2.45) is 7.05 Å². The summed E-state index contributed by atoms with van der Waals surface area (Å²) < 4.78 is 119. The number of nitrogens with zero attached hydrogens (tertiary/aromatic N) is 4. The molecule has 0 aliphatic carbocycles. The fraction of sp³-hybridized carbons (Fsp3) is 0.389. The maximum atomic E-state index is 13.8. The fourth-order valence-corrected chi connectivity index (χ4v) is 3.92. The molecular weight excluding hydrogens is 469 g/mol. The third kappa shape index (κ3) is 3.91. The molecule has 0 bridgehead atoms. The number of sulfone groups is 1. The van der Waals surface area contributed by atoms with Gasteiger partial charge in [-0.1, -0.05) is 6.92 Å². The van der Waals surface area contributed by atoms with E-state index < -0.39 is 55.3 Å². The summed E-state index contributed by atoms with van der Waals surface area (Å²) in [7, 11) is -3.01. The SMILES string of the molecule is CCS(=O)(=O)c1cc(C(F)(F)C(F)(F)F)cnc1-c1nc2cc(C(C)(F)F)cnc2n1C. The van der Waals surface area contributed by atoms with Crippen LogP contribution >= 0.6 is 0 Å². The van der Waals surface area contributed by atoms with Crippen LogP contribution in [0.15, 0.2) is 29.4 Å². The minimum absolute atomic E-state index is 0.0411.